The molecule has 1 aromatic carbocycles. The van der Waals surface area contributed by atoms with E-state index in [0.717, 1.165) is 29.8 Å². The van der Waals surface area contributed by atoms with Gasteiger partial charge in [0.2, 0.25) is 27.7 Å². The van der Waals surface area contributed by atoms with Gasteiger partial charge in [-0.2, -0.15) is 0 Å². The number of anilines is 1. The number of allylic oxidation sites excluding steroid dienone is 1. The Bertz CT molecular complexity index is 2230. The van der Waals surface area contributed by atoms with Crippen molar-refractivity contribution in [2.45, 2.75) is 126 Å². The number of sulfonamides is 1. The summed E-state index contributed by atoms with van der Waals surface area (Å²) in [5, 5.41) is 15.0. The maximum Gasteiger partial charge on any atom is 0.408 e. The molecule has 5 aliphatic rings. The fraction of sp³-hybridized carbons (Fsp3) is 0.659. The highest BCUT2D eigenvalue weighted by Gasteiger charge is 2.64. The summed E-state index contributed by atoms with van der Waals surface area (Å²) < 4.78 is 84.1. The van der Waals surface area contributed by atoms with E-state index < -0.39 is 92.3 Å². The van der Waals surface area contributed by atoms with Crippen LogP contribution in [0.4, 0.5) is 23.7 Å². The quantitative estimate of drug-likeness (QED) is 0.244. The lowest BCUT2D eigenvalue weighted by Gasteiger charge is -2.47. The Kier molecular flexibility index (Phi) is 12.8. The number of nitrogens with one attached hydrogen (secondary N) is 2. The highest BCUT2D eigenvalue weighted by atomic mass is 32.2. The molecule has 3 aliphatic heterocycles. The van der Waals surface area contributed by atoms with E-state index in [-0.39, 0.29) is 56.9 Å². The van der Waals surface area contributed by atoms with Crippen LogP contribution in [0.3, 0.4) is 0 Å². The van der Waals surface area contributed by atoms with Gasteiger partial charge in [0.15, 0.2) is 0 Å². The van der Waals surface area contributed by atoms with Crippen LogP contribution in [-0.4, -0.2) is 132 Å². The Balaban J connectivity index is 1.29. The van der Waals surface area contributed by atoms with Gasteiger partial charge in [-0.25, -0.2) is 31.4 Å². The van der Waals surface area contributed by atoms with Crippen LogP contribution in [0.1, 0.15) is 86.0 Å². The number of rotatable bonds is 11. The van der Waals surface area contributed by atoms with Crippen LogP contribution in [0.5, 0.6) is 5.88 Å². The highest BCUT2D eigenvalue weighted by molar-refractivity contribution is 7.91. The molecule has 3 N–H and O–H groups in total. The van der Waals surface area contributed by atoms with Gasteiger partial charge in [0.25, 0.3) is 11.8 Å². The maximum absolute atomic E-state index is 15.5. The fourth-order valence-electron chi connectivity index (χ4n) is 9.46. The first kappa shape index (κ1) is 46.3. The second-order valence-corrected chi connectivity index (χ2v) is 20.7. The molecule has 7 rings (SSSR count). The molecule has 0 radical (unpaired) electrons. The van der Waals surface area contributed by atoms with E-state index >= 15 is 13.6 Å². The summed E-state index contributed by atoms with van der Waals surface area (Å²) in [7, 11) is -4.48. The minimum absolute atomic E-state index is 0.00780. The molecule has 0 spiro atoms. The van der Waals surface area contributed by atoms with Crippen molar-refractivity contribution in [2.24, 2.45) is 17.8 Å². The number of hydrogen-bond acceptors (Lipinski definition) is 10. The van der Waals surface area contributed by atoms with Crippen molar-refractivity contribution in [1.82, 2.24) is 24.8 Å². The lowest BCUT2D eigenvalue weighted by atomic mass is 9.81. The van der Waals surface area contributed by atoms with Crippen molar-refractivity contribution in [3.05, 3.63) is 42.6 Å². The Labute approximate surface area is 366 Å². The number of amides is 4. The monoisotopic (exact) mass is 904 g/mol. The molecule has 2 aromatic rings. The van der Waals surface area contributed by atoms with Gasteiger partial charge in [-0.1, -0.05) is 50.6 Å². The molecule has 2 saturated carbocycles. The molecule has 7 atom stereocenters. The molecule has 63 heavy (non-hydrogen) atoms. The Morgan fingerprint density at radius 3 is 2.41 bits per heavy atom. The molecule has 19 heteroatoms. The van der Waals surface area contributed by atoms with E-state index in [1.807, 2.05) is 42.0 Å². The van der Waals surface area contributed by atoms with Gasteiger partial charge in [0, 0.05) is 43.1 Å². The van der Waals surface area contributed by atoms with Gasteiger partial charge >= 0.3 is 6.09 Å². The van der Waals surface area contributed by atoms with Gasteiger partial charge in [-0.05, 0) is 70.3 Å². The van der Waals surface area contributed by atoms with E-state index in [9.17, 15) is 32.3 Å². The van der Waals surface area contributed by atoms with Gasteiger partial charge in [0.05, 0.1) is 31.6 Å². The van der Waals surface area contributed by atoms with Crippen LogP contribution in [0.2, 0.25) is 0 Å². The average Bonchev–Trinajstić information content (AvgIpc) is 4.14. The van der Waals surface area contributed by atoms with E-state index in [0.29, 0.717) is 56.4 Å². The van der Waals surface area contributed by atoms with Crippen molar-refractivity contribution in [2.75, 3.05) is 44.4 Å². The second kappa shape index (κ2) is 17.4. The van der Waals surface area contributed by atoms with E-state index in [2.05, 4.69) is 15.2 Å². The summed E-state index contributed by atoms with van der Waals surface area (Å²) in [6, 6.07) is 4.35. The minimum atomic E-state index is -4.48. The predicted molar refractivity (Wildman–Crippen MR) is 228 cm³/mol. The smallest absolute Gasteiger partial charge is 0.408 e. The molecule has 0 unspecified atom stereocenters. The molecule has 4 heterocycles. The predicted octanol–water partition coefficient (Wildman–Crippen LogP) is 5.43. The number of carbonyl (C=O) groups excluding carboxylic acids is 3. The molecule has 4 amide bonds. The van der Waals surface area contributed by atoms with Crippen molar-refractivity contribution >= 4 is 50.3 Å². The first-order valence-corrected chi connectivity index (χ1v) is 23.4. The summed E-state index contributed by atoms with van der Waals surface area (Å²) >= 11 is 0. The minimum Gasteiger partial charge on any atom is -0.472 e. The Morgan fingerprint density at radius 2 is 1.79 bits per heavy atom. The number of ether oxygens (including phenoxy) is 2. The van der Waals surface area contributed by atoms with Gasteiger partial charge in [-0.15, -0.1) is 0 Å². The Hall–Kier alpha value is -4.65. The van der Waals surface area contributed by atoms with Crippen LogP contribution >= 0.6 is 0 Å². The largest absolute Gasteiger partial charge is 0.472 e. The van der Waals surface area contributed by atoms with Crippen LogP contribution in [0, 0.1) is 17.8 Å². The normalized spacial score (nSPS) is 29.7. The SMILES string of the molecule is CC[C@@H]1C[C@@H](C)CC/C=C\[C@@H]2C[C@@]2(C(=O)NS(=O)(=O)C2(CF)CC2)NC(=O)[C@@H]2C[C@@H](Oc3ncc(N4CCOCC4)c4ccccc34)CN2C(=O)[C@H]1N(C(=O)O)C(C)(C)C(C)(F)F. The standard InChI is InChI=1S/C44H59F3N6O9S/c1-6-28-21-27(2)11-7-8-12-29-23-44(29,39(56)50-63(59,60)43(26-45)15-16-43)49-36(54)33-22-30(25-52(33)38(55)35(28)53(40(57)58)41(3,4)42(5,46)47)62-37-32-14-10-9-13-31(32)34(24-48-37)51-17-19-61-20-18-51/h8-10,12-14,24,27-30,33,35H,6-7,11,15-23,25-26H2,1-5H3,(H,49,54)(H,50,56)(H,57,58)/b12-8-/t27-,28+,29+,30+,33-,35-,44+/m0/s1. The third-order valence-corrected chi connectivity index (χ3v) is 16.2. The number of halogens is 3. The number of fused-ring (bicyclic) bond motifs is 3. The van der Waals surface area contributed by atoms with E-state index in [4.69, 9.17) is 9.47 Å². The van der Waals surface area contributed by atoms with E-state index in [1.165, 1.54) is 0 Å². The van der Waals surface area contributed by atoms with Gasteiger partial charge < -0.3 is 29.7 Å². The van der Waals surface area contributed by atoms with Crippen molar-refractivity contribution in [3.63, 3.8) is 0 Å². The summed E-state index contributed by atoms with van der Waals surface area (Å²) in [5.74, 6) is -7.75. The van der Waals surface area contributed by atoms with Crippen LogP contribution < -0.4 is 19.7 Å². The molecule has 2 saturated heterocycles. The molecule has 4 fully saturated rings. The third kappa shape index (κ3) is 8.79. The summed E-state index contributed by atoms with van der Waals surface area (Å²) in [5.41, 5.74) is -3.32. The molecule has 0 bridgehead atoms. The fourth-order valence-corrected chi connectivity index (χ4v) is 10.9. The third-order valence-electron chi connectivity index (χ3n) is 14.1. The van der Waals surface area contributed by atoms with Crippen LogP contribution in [0.25, 0.3) is 10.8 Å². The van der Waals surface area contributed by atoms with Gasteiger partial charge in [0.1, 0.15) is 40.7 Å². The summed E-state index contributed by atoms with van der Waals surface area (Å²) in [4.78, 5) is 66.0. The second-order valence-electron chi connectivity index (χ2n) is 18.7. The number of aromatic nitrogens is 1. The van der Waals surface area contributed by atoms with Crippen molar-refractivity contribution in [1.29, 1.82) is 0 Å². The lowest BCUT2D eigenvalue weighted by molar-refractivity contribution is -0.157. The number of benzene rings is 1. The zero-order valence-corrected chi connectivity index (χ0v) is 37.3. The Morgan fingerprint density at radius 1 is 1.11 bits per heavy atom. The molecular weight excluding hydrogens is 846 g/mol. The van der Waals surface area contributed by atoms with E-state index in [1.54, 1.807) is 19.2 Å². The number of carbonyl (C=O) groups is 4. The molecular formula is C44H59F3N6O9S. The number of pyridine rings is 1. The zero-order chi connectivity index (χ0) is 45.7. The van der Waals surface area contributed by atoms with Gasteiger partial charge in [-0.3, -0.25) is 24.0 Å². The first-order valence-electron chi connectivity index (χ1n) is 21.9. The lowest BCUT2D eigenvalue weighted by Crippen LogP contribution is -2.67. The molecule has 15 nitrogen and oxygen atoms in total. The number of morpholine rings is 1. The van der Waals surface area contributed by atoms with Crippen LogP contribution in [0.15, 0.2) is 42.6 Å². The summed E-state index contributed by atoms with van der Waals surface area (Å²) in [6.45, 7) is 7.33. The molecule has 1 aromatic heterocycles. The number of hydrogen-bond donors (Lipinski definition) is 3. The topological polar surface area (TPSA) is 188 Å². The zero-order valence-electron chi connectivity index (χ0n) is 36.4. The number of carboxylic acid groups (broad SMARTS) is 1. The van der Waals surface area contributed by atoms with Crippen molar-refractivity contribution < 1.29 is 55.3 Å². The molecule has 346 valence electrons. The number of nitrogens with zero attached hydrogens (tertiary/aromatic N) is 4. The summed E-state index contributed by atoms with van der Waals surface area (Å²) in [6.07, 6.45) is 4.00. The highest BCUT2D eigenvalue weighted by Crippen LogP contribution is 2.48. The molecule has 2 aliphatic carbocycles. The van der Waals surface area contributed by atoms with Crippen LogP contribution in [-0.2, 0) is 29.1 Å². The number of alkyl halides is 3. The first-order chi connectivity index (χ1) is 29.7. The maximum atomic E-state index is 15.5. The van der Waals surface area contributed by atoms with Crippen molar-refractivity contribution in [3.8, 4) is 5.88 Å². The average molecular weight is 905 g/mol.